The van der Waals surface area contributed by atoms with Gasteiger partial charge in [0.1, 0.15) is 17.3 Å². The Bertz CT molecular complexity index is 3200. The molecule has 1 heterocycles. The van der Waals surface area contributed by atoms with Crippen molar-refractivity contribution in [2.75, 3.05) is 16.9 Å². The van der Waals surface area contributed by atoms with E-state index in [1.54, 1.807) is 7.11 Å². The van der Waals surface area contributed by atoms with Crippen LogP contribution >= 0.6 is 0 Å². The third-order valence-electron chi connectivity index (χ3n) is 12.4. The lowest BCUT2D eigenvalue weighted by Gasteiger charge is -2.33. The summed E-state index contributed by atoms with van der Waals surface area (Å²) in [6.45, 7) is 23.6. The molecule has 0 bridgehead atoms. The minimum atomic E-state index is 0.598. The second-order valence-corrected chi connectivity index (χ2v) is 17.3. The summed E-state index contributed by atoms with van der Waals surface area (Å²) < 4.78 is 13.0. The predicted molar refractivity (Wildman–Crippen MR) is 283 cm³/mol. The van der Waals surface area contributed by atoms with Gasteiger partial charge in [0.25, 0.3) is 0 Å². The van der Waals surface area contributed by atoms with E-state index in [-0.39, 0.29) is 0 Å². The Morgan fingerprint density at radius 1 is 0.773 bits per heavy atom. The van der Waals surface area contributed by atoms with Crippen LogP contribution in [0.3, 0.4) is 0 Å². The molecule has 0 atom stereocenters. The van der Waals surface area contributed by atoms with Crippen molar-refractivity contribution in [1.29, 1.82) is 0 Å². The summed E-state index contributed by atoms with van der Waals surface area (Å²) in [6.07, 6.45) is 22.4. The van der Waals surface area contributed by atoms with Gasteiger partial charge in [0.05, 0.1) is 24.2 Å². The Hall–Kier alpha value is -7.56. The highest BCUT2D eigenvalue weighted by atomic mass is 16.5. The summed E-state index contributed by atoms with van der Waals surface area (Å²) in [5.74, 6) is 2.64. The number of hydrogen-bond acceptors (Lipinski definition) is 4. The normalized spacial score (nSPS) is 15.4. The number of rotatable bonds is 12. The van der Waals surface area contributed by atoms with Crippen molar-refractivity contribution >= 4 is 44.3 Å². The highest BCUT2D eigenvalue weighted by Crippen LogP contribution is 2.44. The molecule has 0 spiro atoms. The number of hydrogen-bond donors (Lipinski definition) is 0. The first-order chi connectivity index (χ1) is 32.0. The third kappa shape index (κ3) is 8.80. The molecule has 330 valence electrons. The molecule has 0 fully saturated rings. The van der Waals surface area contributed by atoms with Gasteiger partial charge in [-0.15, -0.1) is 0 Å². The number of ether oxygens (including phenoxy) is 2. The first kappa shape index (κ1) is 45.0. The van der Waals surface area contributed by atoms with E-state index >= 15 is 0 Å². The van der Waals surface area contributed by atoms with Crippen LogP contribution in [-0.4, -0.2) is 7.11 Å². The third-order valence-corrected chi connectivity index (χ3v) is 12.4. The van der Waals surface area contributed by atoms with Gasteiger partial charge in [0, 0.05) is 45.2 Å². The summed E-state index contributed by atoms with van der Waals surface area (Å²) in [4.78, 5) is 4.76. The fraction of sp³-hybridized carbons (Fsp3) is 0.161. The first-order valence-corrected chi connectivity index (χ1v) is 22.8. The van der Waals surface area contributed by atoms with Crippen molar-refractivity contribution in [3.63, 3.8) is 0 Å². The van der Waals surface area contributed by atoms with Crippen molar-refractivity contribution in [2.45, 2.75) is 61.3 Å². The molecular formula is C62H60N2O2. The van der Waals surface area contributed by atoms with E-state index in [0.29, 0.717) is 6.42 Å². The highest BCUT2D eigenvalue weighted by molar-refractivity contribution is 6.17. The lowest BCUT2D eigenvalue weighted by Crippen LogP contribution is -2.24. The van der Waals surface area contributed by atoms with E-state index < -0.39 is 0 Å². The Balaban J connectivity index is 1.43. The average molecular weight is 865 g/mol. The SMILES string of the molecule is C=C/C=C\C=C(/C)N(C(/C=C\C)=C1/CC(=C)C2=C(O1)C(C)=CC=CC2)c1cc(C)c2cc/c(=C(/C=C(C)C)N(c3ccccc3)c3cccc(-c4cccc(C)c4OC)c3)c3cccc1c23. The van der Waals surface area contributed by atoms with E-state index in [2.05, 4.69) is 223 Å². The number of anilines is 3. The maximum Gasteiger partial charge on any atom is 0.133 e. The first-order valence-electron chi connectivity index (χ1n) is 22.8. The van der Waals surface area contributed by atoms with Gasteiger partial charge in [-0.3, -0.25) is 0 Å². The maximum atomic E-state index is 7.02. The Labute approximate surface area is 391 Å². The van der Waals surface area contributed by atoms with Crippen molar-refractivity contribution in [2.24, 2.45) is 0 Å². The molecule has 1 aliphatic heterocycles. The minimum Gasteiger partial charge on any atom is -0.496 e. The molecule has 66 heavy (non-hydrogen) atoms. The molecule has 0 aromatic heterocycles. The average Bonchev–Trinajstić information content (AvgIpc) is 3.51. The quantitative estimate of drug-likeness (QED) is 0.114. The van der Waals surface area contributed by atoms with Gasteiger partial charge in [0.15, 0.2) is 0 Å². The smallest absolute Gasteiger partial charge is 0.133 e. The van der Waals surface area contributed by atoms with Crippen molar-refractivity contribution in [3.8, 4) is 16.9 Å². The molecule has 0 amide bonds. The lowest BCUT2D eigenvalue weighted by atomic mass is 9.92. The zero-order valence-electron chi connectivity index (χ0n) is 39.7. The topological polar surface area (TPSA) is 24.9 Å². The summed E-state index contributed by atoms with van der Waals surface area (Å²) in [5.41, 5.74) is 15.2. The molecular weight excluding hydrogens is 805 g/mol. The molecule has 6 aromatic carbocycles. The van der Waals surface area contributed by atoms with Crippen LogP contribution < -0.4 is 19.8 Å². The van der Waals surface area contributed by atoms with Crippen molar-refractivity contribution in [3.05, 3.63) is 245 Å². The second kappa shape index (κ2) is 19.7. The largest absolute Gasteiger partial charge is 0.496 e. The molecule has 2 aliphatic rings. The number of aryl methyl sites for hydroxylation is 2. The van der Waals surface area contributed by atoms with Gasteiger partial charge < -0.3 is 19.3 Å². The second-order valence-electron chi connectivity index (χ2n) is 17.3. The standard InChI is InChI=1S/C62H60N2O2/c1-11-13-15-26-46(9)63(56(23-12-2)59-39-45(8)51-31-19-18-24-43(6)62(51)66-59)58-38-44(7)50-35-36-53(54-33-22-34-55(58)60(50)54)57(37-41(3)4)64(48-28-16-14-17-29-48)49-30-21-27-47(40-49)52-32-20-25-42(5)61(52)65-10/h11-30,32-38,40H,1,8,31,39H2,2-7,9-10H3/b15-13-,23-12-,46-26+,57-53+,59-56-. The van der Waals surface area contributed by atoms with E-state index in [9.17, 15) is 0 Å². The summed E-state index contributed by atoms with van der Waals surface area (Å²) in [7, 11) is 1.75. The van der Waals surface area contributed by atoms with E-state index in [0.717, 1.165) is 107 Å². The molecule has 1 aliphatic carbocycles. The van der Waals surface area contributed by atoms with Crippen LogP contribution in [-0.2, 0) is 4.74 Å². The van der Waals surface area contributed by atoms with E-state index in [4.69, 9.17) is 9.47 Å². The molecule has 4 heteroatoms. The zero-order chi connectivity index (χ0) is 46.5. The maximum absolute atomic E-state index is 7.02. The molecule has 0 saturated heterocycles. The van der Waals surface area contributed by atoms with Gasteiger partial charge in [-0.2, -0.15) is 0 Å². The molecule has 0 radical (unpaired) electrons. The van der Waals surface area contributed by atoms with Crippen LogP contribution in [0.5, 0.6) is 5.75 Å². The zero-order valence-corrected chi connectivity index (χ0v) is 39.7. The monoisotopic (exact) mass is 864 g/mol. The molecule has 0 saturated carbocycles. The fourth-order valence-corrected chi connectivity index (χ4v) is 9.38. The minimum absolute atomic E-state index is 0.598. The molecule has 0 unspecified atom stereocenters. The number of para-hydroxylation sites is 2. The molecule has 4 nitrogen and oxygen atoms in total. The van der Waals surface area contributed by atoms with Crippen molar-refractivity contribution < 1.29 is 9.47 Å². The molecule has 8 rings (SSSR count). The summed E-state index contributed by atoms with van der Waals surface area (Å²) >= 11 is 0. The van der Waals surface area contributed by atoms with Crippen LogP contribution in [0.15, 0.2) is 228 Å². The van der Waals surface area contributed by atoms with Gasteiger partial charge in [-0.25, -0.2) is 0 Å². The van der Waals surface area contributed by atoms with Crippen LogP contribution in [0.1, 0.15) is 58.6 Å². The molecule has 0 N–H and O–H groups in total. The van der Waals surface area contributed by atoms with Gasteiger partial charge in [0.2, 0.25) is 0 Å². The van der Waals surface area contributed by atoms with Crippen molar-refractivity contribution in [1.82, 2.24) is 0 Å². The number of nitrogens with zero attached hydrogens (tertiary/aromatic N) is 2. The summed E-state index contributed by atoms with van der Waals surface area (Å²) in [5, 5.41) is 5.84. The van der Waals surface area contributed by atoms with Crippen LogP contribution in [0.2, 0.25) is 0 Å². The summed E-state index contributed by atoms with van der Waals surface area (Å²) in [6, 6.07) is 39.5. The molecule has 6 aromatic rings. The Morgan fingerprint density at radius 3 is 2.29 bits per heavy atom. The van der Waals surface area contributed by atoms with Gasteiger partial charge in [-0.1, -0.05) is 140 Å². The van der Waals surface area contributed by atoms with Gasteiger partial charge >= 0.3 is 0 Å². The van der Waals surface area contributed by atoms with E-state index in [1.165, 1.54) is 21.9 Å². The van der Waals surface area contributed by atoms with Crippen LogP contribution in [0, 0.1) is 13.8 Å². The van der Waals surface area contributed by atoms with E-state index in [1.807, 2.05) is 18.2 Å². The Morgan fingerprint density at radius 2 is 1.53 bits per heavy atom. The Kier molecular flexibility index (Phi) is 13.4. The predicted octanol–water partition coefficient (Wildman–Crippen LogP) is 16.3. The van der Waals surface area contributed by atoms with Crippen LogP contribution in [0.25, 0.3) is 38.4 Å². The fourth-order valence-electron chi connectivity index (χ4n) is 9.38. The number of allylic oxidation sites excluding steroid dienone is 14. The number of benzene rings is 6. The lowest BCUT2D eigenvalue weighted by molar-refractivity contribution is 0.285. The number of methoxy groups -OCH3 is 1. The van der Waals surface area contributed by atoms with Crippen LogP contribution in [0.4, 0.5) is 17.1 Å². The highest BCUT2D eigenvalue weighted by Gasteiger charge is 2.29. The van der Waals surface area contributed by atoms with Gasteiger partial charge in [-0.05, 0) is 147 Å².